The maximum absolute atomic E-state index is 11.6. The minimum absolute atomic E-state index is 0.0822. The lowest BCUT2D eigenvalue weighted by atomic mass is 9.99. The van der Waals surface area contributed by atoms with Gasteiger partial charge in [0, 0.05) is 32.2 Å². The smallest absolute Gasteiger partial charge is 0.303 e. The molecule has 176 valence electrons. The summed E-state index contributed by atoms with van der Waals surface area (Å²) in [7, 11) is 0. The summed E-state index contributed by atoms with van der Waals surface area (Å²) in [6.45, 7) is 6.61. The first-order chi connectivity index (χ1) is 14.8. The van der Waals surface area contributed by atoms with Crippen molar-refractivity contribution in [3.63, 3.8) is 0 Å². The maximum atomic E-state index is 11.6. The zero-order valence-electron chi connectivity index (χ0n) is 18.1. The highest BCUT2D eigenvalue weighted by Gasteiger charge is 2.50. The molecule has 0 aromatic heterocycles. The van der Waals surface area contributed by atoms with E-state index in [1.54, 1.807) is 6.92 Å². The topological polar surface area (TPSA) is 165 Å². The molecule has 1 aliphatic heterocycles. The quantitative estimate of drug-likeness (QED) is 0.0988. The second-order valence-electron chi connectivity index (χ2n) is 6.48. The highest BCUT2D eigenvalue weighted by atomic mass is 16.7. The van der Waals surface area contributed by atoms with Crippen molar-refractivity contribution in [2.24, 2.45) is 5.11 Å². The van der Waals surface area contributed by atoms with Crippen molar-refractivity contribution in [1.29, 1.82) is 0 Å². The summed E-state index contributed by atoms with van der Waals surface area (Å²) < 4.78 is 37.7. The van der Waals surface area contributed by atoms with Gasteiger partial charge in [-0.15, -0.1) is 0 Å². The van der Waals surface area contributed by atoms with Crippen LogP contribution in [0, 0.1) is 0 Å². The highest BCUT2D eigenvalue weighted by Crippen LogP contribution is 2.29. The second kappa shape index (κ2) is 14.5. The van der Waals surface area contributed by atoms with Gasteiger partial charge in [0.2, 0.25) is 0 Å². The van der Waals surface area contributed by atoms with E-state index in [4.69, 9.17) is 38.7 Å². The molecule has 0 amide bonds. The number of azide groups is 1. The lowest BCUT2D eigenvalue weighted by Gasteiger charge is -2.43. The predicted molar refractivity (Wildman–Crippen MR) is 103 cm³/mol. The standard InChI is InChI=1S/C18H29N3O10/c1-11-15(29-12(2)22)16(30-13(3)23)17(31-14(4)24)18(28-11)27-10-9-26-8-7-25-6-5-20-21-19/h11,15-18H,5-10H2,1-4H3/t11-,15?,16-,17-,18?/m0/s1. The zero-order chi connectivity index (χ0) is 23.2. The van der Waals surface area contributed by atoms with E-state index in [1.165, 1.54) is 20.8 Å². The molecule has 0 aliphatic carbocycles. The monoisotopic (exact) mass is 447 g/mol. The first-order valence-corrected chi connectivity index (χ1v) is 9.71. The molecule has 0 bridgehead atoms. The van der Waals surface area contributed by atoms with E-state index in [0.29, 0.717) is 19.8 Å². The Labute approximate surface area is 179 Å². The number of esters is 3. The number of nitrogens with zero attached hydrogens (tertiary/aromatic N) is 3. The van der Waals surface area contributed by atoms with Gasteiger partial charge in [0.05, 0.1) is 39.1 Å². The number of rotatable bonds is 13. The summed E-state index contributed by atoms with van der Waals surface area (Å²) in [6.07, 6.45) is -5.01. The molecule has 0 aromatic rings. The van der Waals surface area contributed by atoms with Crippen LogP contribution in [0.25, 0.3) is 10.4 Å². The van der Waals surface area contributed by atoms with Crippen molar-refractivity contribution >= 4 is 17.9 Å². The molecule has 1 heterocycles. The Balaban J connectivity index is 2.62. The fourth-order valence-corrected chi connectivity index (χ4v) is 2.80. The third kappa shape index (κ3) is 10.4. The van der Waals surface area contributed by atoms with E-state index in [1.807, 2.05) is 0 Å². The van der Waals surface area contributed by atoms with Gasteiger partial charge in [-0.3, -0.25) is 14.4 Å². The SMILES string of the molecule is CC(=O)OC1[C@H](C)OC(OCCOCCOCCN=[N+]=[N-])[C@@H](OC(C)=O)[C@H]1OC(C)=O. The van der Waals surface area contributed by atoms with Crippen LogP contribution in [0.4, 0.5) is 0 Å². The van der Waals surface area contributed by atoms with Gasteiger partial charge >= 0.3 is 17.9 Å². The molecule has 1 aliphatic rings. The Hall–Kier alpha value is -2.44. The molecule has 0 aromatic carbocycles. The molecule has 1 saturated heterocycles. The van der Waals surface area contributed by atoms with Gasteiger partial charge in [0.1, 0.15) is 0 Å². The van der Waals surface area contributed by atoms with E-state index in [2.05, 4.69) is 10.0 Å². The fraction of sp³-hybridized carbons (Fsp3) is 0.833. The van der Waals surface area contributed by atoms with E-state index in [0.717, 1.165) is 0 Å². The van der Waals surface area contributed by atoms with Gasteiger partial charge in [-0.1, -0.05) is 5.11 Å². The fourth-order valence-electron chi connectivity index (χ4n) is 2.80. The molecule has 13 nitrogen and oxygen atoms in total. The normalized spacial score (nSPS) is 25.2. The summed E-state index contributed by atoms with van der Waals surface area (Å²) in [4.78, 5) is 37.3. The zero-order valence-corrected chi connectivity index (χ0v) is 18.1. The highest BCUT2D eigenvalue weighted by molar-refractivity contribution is 5.68. The Morgan fingerprint density at radius 2 is 1.35 bits per heavy atom. The predicted octanol–water partition coefficient (Wildman–Crippen LogP) is 0.886. The molecule has 1 fully saturated rings. The van der Waals surface area contributed by atoms with Crippen molar-refractivity contribution in [3.8, 4) is 0 Å². The average Bonchev–Trinajstić information content (AvgIpc) is 2.68. The molecular weight excluding hydrogens is 418 g/mol. The molecule has 31 heavy (non-hydrogen) atoms. The summed E-state index contributed by atoms with van der Waals surface area (Å²) in [5.41, 5.74) is 8.15. The second-order valence-corrected chi connectivity index (χ2v) is 6.48. The molecule has 13 heteroatoms. The molecule has 5 atom stereocenters. The Morgan fingerprint density at radius 3 is 1.94 bits per heavy atom. The van der Waals surface area contributed by atoms with Crippen LogP contribution in [0.1, 0.15) is 27.7 Å². The molecule has 0 N–H and O–H groups in total. The first-order valence-electron chi connectivity index (χ1n) is 9.71. The van der Waals surface area contributed by atoms with Crippen molar-refractivity contribution in [3.05, 3.63) is 10.4 Å². The lowest BCUT2D eigenvalue weighted by Crippen LogP contribution is -2.61. The van der Waals surface area contributed by atoms with Crippen LogP contribution in [-0.4, -0.2) is 88.2 Å². The minimum Gasteiger partial charge on any atom is -0.456 e. The van der Waals surface area contributed by atoms with Crippen LogP contribution in [0.3, 0.4) is 0 Å². The minimum atomic E-state index is -1.15. The van der Waals surface area contributed by atoms with Crippen LogP contribution in [0.15, 0.2) is 5.11 Å². The van der Waals surface area contributed by atoms with Crippen molar-refractivity contribution in [2.75, 3.05) is 39.6 Å². The number of hydrogen-bond acceptors (Lipinski definition) is 11. The van der Waals surface area contributed by atoms with Gasteiger partial charge in [-0.25, -0.2) is 0 Å². The molecule has 2 unspecified atom stereocenters. The van der Waals surface area contributed by atoms with Crippen molar-refractivity contribution < 1.29 is 47.5 Å². The van der Waals surface area contributed by atoms with Gasteiger partial charge in [0.25, 0.3) is 0 Å². The number of hydrogen-bond donors (Lipinski definition) is 0. The molecule has 0 radical (unpaired) electrons. The maximum Gasteiger partial charge on any atom is 0.303 e. The van der Waals surface area contributed by atoms with E-state index < -0.39 is 48.6 Å². The number of ether oxygens (including phenoxy) is 7. The summed E-state index contributed by atoms with van der Waals surface area (Å²) in [5.74, 6) is -1.89. The van der Waals surface area contributed by atoms with Gasteiger partial charge in [-0.2, -0.15) is 0 Å². The third-order valence-electron chi connectivity index (χ3n) is 3.91. The molecule has 1 rings (SSSR count). The van der Waals surface area contributed by atoms with Crippen LogP contribution in [0.5, 0.6) is 0 Å². The largest absolute Gasteiger partial charge is 0.456 e. The summed E-state index contributed by atoms with van der Waals surface area (Å²) in [6, 6.07) is 0. The van der Waals surface area contributed by atoms with E-state index >= 15 is 0 Å². The molecular formula is C18H29N3O10. The number of carbonyl (C=O) groups is 3. The average molecular weight is 447 g/mol. The summed E-state index contributed by atoms with van der Waals surface area (Å²) >= 11 is 0. The van der Waals surface area contributed by atoms with Crippen LogP contribution < -0.4 is 0 Å². The number of carbonyl (C=O) groups excluding carboxylic acids is 3. The summed E-state index contributed by atoms with van der Waals surface area (Å²) in [5, 5.41) is 3.34. The third-order valence-corrected chi connectivity index (χ3v) is 3.91. The van der Waals surface area contributed by atoms with E-state index in [9.17, 15) is 14.4 Å². The van der Waals surface area contributed by atoms with Crippen molar-refractivity contribution in [2.45, 2.75) is 58.4 Å². The molecule has 0 saturated carbocycles. The first kappa shape index (κ1) is 26.6. The van der Waals surface area contributed by atoms with E-state index in [-0.39, 0.29) is 19.8 Å². The van der Waals surface area contributed by atoms with Crippen LogP contribution in [0.2, 0.25) is 0 Å². The Kier molecular flexibility index (Phi) is 12.5. The lowest BCUT2D eigenvalue weighted by molar-refractivity contribution is -0.302. The Morgan fingerprint density at radius 1 is 0.839 bits per heavy atom. The van der Waals surface area contributed by atoms with Gasteiger partial charge < -0.3 is 33.2 Å². The van der Waals surface area contributed by atoms with Crippen molar-refractivity contribution in [1.82, 2.24) is 0 Å². The van der Waals surface area contributed by atoms with Gasteiger partial charge in [-0.05, 0) is 12.5 Å². The van der Waals surface area contributed by atoms with Crippen LogP contribution >= 0.6 is 0 Å². The molecule has 0 spiro atoms. The van der Waals surface area contributed by atoms with Crippen LogP contribution in [-0.2, 0) is 47.5 Å². The Bertz CT molecular complexity index is 640. The van der Waals surface area contributed by atoms with Gasteiger partial charge in [0.15, 0.2) is 24.6 Å².